The summed E-state index contributed by atoms with van der Waals surface area (Å²) < 4.78 is 36.5. The van der Waals surface area contributed by atoms with Gasteiger partial charge in [-0.15, -0.1) is 0 Å². The Morgan fingerprint density at radius 2 is 2.17 bits per heavy atom. The third-order valence-electron chi connectivity index (χ3n) is 6.82. The van der Waals surface area contributed by atoms with Crippen LogP contribution in [-0.2, 0) is 30.9 Å². The Bertz CT molecular complexity index is 1060. The van der Waals surface area contributed by atoms with Crippen LogP contribution >= 0.6 is 22.6 Å². The molecule has 2 bridgehead atoms. The van der Waals surface area contributed by atoms with Gasteiger partial charge in [0.05, 0.1) is 4.43 Å². The first-order valence-corrected chi connectivity index (χ1v) is 12.3. The average Bonchev–Trinajstić information content (AvgIpc) is 3.02. The number of phenolic OH excluding ortho intramolecular Hbond substituents is 1. The maximum absolute atomic E-state index is 12.9. The molecule has 0 saturated carbocycles. The molecular formula is C19H21INNaO7S. The summed E-state index contributed by atoms with van der Waals surface area (Å²) in [7, 11) is -2.41. The normalized spacial score (nSPS) is 33.3. The molecule has 0 amide bonds. The van der Waals surface area contributed by atoms with Gasteiger partial charge in [-0.05, 0) is 32.0 Å². The number of aromatic hydroxyl groups is 1. The molecule has 1 fully saturated rings. The molecule has 2 aliphatic heterocycles. The molecule has 1 spiro atoms. The summed E-state index contributed by atoms with van der Waals surface area (Å²) in [5, 5.41) is 21.3. The van der Waals surface area contributed by atoms with Gasteiger partial charge in [0.2, 0.25) is 0 Å². The van der Waals surface area contributed by atoms with Crippen molar-refractivity contribution in [2.75, 3.05) is 18.0 Å². The first-order chi connectivity index (χ1) is 13.7. The number of aliphatic hydroxyl groups excluding tert-OH is 1. The van der Waals surface area contributed by atoms with E-state index in [0.717, 1.165) is 12.6 Å². The van der Waals surface area contributed by atoms with E-state index in [4.69, 9.17) is 8.92 Å². The number of carbonyl (C=O) groups excluding carboxylic acids is 1. The van der Waals surface area contributed by atoms with E-state index in [2.05, 4.69) is 4.90 Å². The van der Waals surface area contributed by atoms with E-state index < -0.39 is 33.7 Å². The number of likely N-dealkylation sites (N-methyl/N-ethyl adjacent to an activating group) is 1. The molecule has 5 rings (SSSR count). The van der Waals surface area contributed by atoms with Gasteiger partial charge in [-0.3, -0.25) is 4.79 Å². The van der Waals surface area contributed by atoms with Crippen LogP contribution in [0.25, 0.3) is 0 Å². The Morgan fingerprint density at radius 1 is 1.43 bits per heavy atom. The van der Waals surface area contributed by atoms with Gasteiger partial charge < -0.3 is 24.0 Å². The molecule has 30 heavy (non-hydrogen) atoms. The number of halogens is 1. The molecule has 1 saturated heterocycles. The summed E-state index contributed by atoms with van der Waals surface area (Å²) in [6.07, 6.45) is 3.35. The Labute approximate surface area is 210 Å². The molecule has 0 unspecified atom stereocenters. The molecule has 1 aromatic carbocycles. The summed E-state index contributed by atoms with van der Waals surface area (Å²) >= 11 is 1.73. The van der Waals surface area contributed by atoms with E-state index >= 15 is 0 Å². The second-order valence-electron chi connectivity index (χ2n) is 8.10. The fraction of sp³-hybridized carbons (Fsp3) is 0.526. The van der Waals surface area contributed by atoms with E-state index in [0.29, 0.717) is 24.0 Å². The van der Waals surface area contributed by atoms with Crippen molar-refractivity contribution < 1.29 is 32.3 Å². The van der Waals surface area contributed by atoms with Crippen LogP contribution in [0.5, 0.6) is 11.5 Å². The van der Waals surface area contributed by atoms with Gasteiger partial charge in [-0.25, -0.2) is 0 Å². The molecule has 2 aliphatic carbocycles. The number of benzene rings is 1. The van der Waals surface area contributed by atoms with Gasteiger partial charge >= 0.3 is 45.6 Å². The zero-order valence-electron chi connectivity index (χ0n) is 15.5. The second-order valence-corrected chi connectivity index (χ2v) is 10.4. The third kappa shape index (κ3) is 2.94. The number of likely N-dealkylation sites (tertiary alicyclic amines) is 1. The molecule has 11 heteroatoms. The predicted octanol–water partition coefficient (Wildman–Crippen LogP) is 0.217. The molecule has 0 radical (unpaired) electrons. The molecule has 4 aliphatic rings. The molecule has 0 aromatic heterocycles. The average molecular weight is 557 g/mol. The number of phenols is 1. The Morgan fingerprint density at radius 3 is 2.87 bits per heavy atom. The number of ether oxygens (including phenoxy) is 1. The van der Waals surface area contributed by atoms with Gasteiger partial charge in [0.15, 0.2) is 11.5 Å². The summed E-state index contributed by atoms with van der Waals surface area (Å²) in [6, 6.07) is 1.11. The van der Waals surface area contributed by atoms with Crippen molar-refractivity contribution in [1.29, 1.82) is 0 Å². The van der Waals surface area contributed by atoms with Crippen molar-refractivity contribution in [2.45, 2.75) is 41.4 Å². The molecule has 8 nitrogen and oxygen atoms in total. The van der Waals surface area contributed by atoms with Crippen molar-refractivity contribution in [3.63, 3.8) is 0 Å². The van der Waals surface area contributed by atoms with Crippen molar-refractivity contribution in [1.82, 2.24) is 4.90 Å². The van der Waals surface area contributed by atoms with Gasteiger partial charge in [-0.1, -0.05) is 34.7 Å². The number of piperidine rings is 1. The quantitative estimate of drug-likeness (QED) is 0.179. The van der Waals surface area contributed by atoms with Crippen LogP contribution < -0.4 is 4.74 Å². The van der Waals surface area contributed by atoms with Gasteiger partial charge in [-0.2, -0.15) is 8.42 Å². The predicted molar refractivity (Wildman–Crippen MR) is 117 cm³/mol. The Balaban J connectivity index is 0.00000218. The van der Waals surface area contributed by atoms with E-state index in [1.807, 2.05) is 13.1 Å². The number of carbonyl (C=O) groups is 1. The molecule has 1 aromatic rings. The van der Waals surface area contributed by atoms with Crippen molar-refractivity contribution in [2.24, 2.45) is 5.92 Å². The number of nitrogens with zero attached hydrogens (tertiary/aromatic N) is 1. The topological polar surface area (TPSA) is 113 Å². The van der Waals surface area contributed by atoms with Crippen molar-refractivity contribution >= 4 is 68.2 Å². The fourth-order valence-corrected chi connectivity index (χ4v) is 7.21. The number of hydrogen-bond acceptors (Lipinski definition) is 8. The van der Waals surface area contributed by atoms with E-state index in [1.165, 1.54) is 0 Å². The third-order valence-corrected chi connectivity index (χ3v) is 8.75. The summed E-state index contributed by atoms with van der Waals surface area (Å²) in [6.45, 7) is 0.766. The number of rotatable bonds is 3. The van der Waals surface area contributed by atoms with Crippen molar-refractivity contribution in [3.8, 4) is 11.5 Å². The second kappa shape index (κ2) is 7.60. The minimum atomic E-state index is -4.41. The first kappa shape index (κ1) is 22.8. The molecule has 5 atom stereocenters. The van der Waals surface area contributed by atoms with Crippen LogP contribution in [0.1, 0.15) is 17.5 Å². The zero-order valence-corrected chi connectivity index (χ0v) is 18.5. The van der Waals surface area contributed by atoms with Crippen LogP contribution in [0.15, 0.2) is 23.1 Å². The van der Waals surface area contributed by atoms with Gasteiger partial charge in [0, 0.05) is 29.0 Å². The van der Waals surface area contributed by atoms with Crippen molar-refractivity contribution in [3.05, 3.63) is 29.3 Å². The standard InChI is InChI=1S/C19H20INO7S.Na.H/c1-21-5-4-19-10-2-3-12(22)18(19)27-17-13(23)7-14(9(16(17)19)6-11(10)21)29(25,26)28-15(24)8-20;;/h2-3,7,10-12,18,22-23H,4-6,8H2,1H3;;/t10-,11+,12-,18-,19-;;/m0../s1. The summed E-state index contributed by atoms with van der Waals surface area (Å²) in [5.41, 5.74) is 0.533. The number of hydrogen-bond donors (Lipinski definition) is 2. The molecule has 2 heterocycles. The Kier molecular flexibility index (Phi) is 5.78. The van der Waals surface area contributed by atoms with Crippen LogP contribution in [-0.4, -0.2) is 95.3 Å². The van der Waals surface area contributed by atoms with Crippen LogP contribution in [0.2, 0.25) is 0 Å². The van der Waals surface area contributed by atoms with Gasteiger partial charge in [0.1, 0.15) is 17.1 Å². The fourth-order valence-electron chi connectivity index (χ4n) is 5.70. The van der Waals surface area contributed by atoms with E-state index in [1.54, 1.807) is 28.7 Å². The number of aliphatic hydroxyl groups is 1. The van der Waals surface area contributed by atoms with Crippen LogP contribution in [0.4, 0.5) is 0 Å². The maximum atomic E-state index is 12.9. The molecular weight excluding hydrogens is 536 g/mol. The summed E-state index contributed by atoms with van der Waals surface area (Å²) in [4.78, 5) is 13.7. The van der Waals surface area contributed by atoms with Gasteiger partial charge in [0.25, 0.3) is 0 Å². The Hall–Kier alpha value is -0.370. The molecule has 2 N–H and O–H groups in total. The monoisotopic (exact) mass is 557 g/mol. The van der Waals surface area contributed by atoms with Crippen LogP contribution in [0.3, 0.4) is 0 Å². The molecule has 158 valence electrons. The van der Waals surface area contributed by atoms with E-state index in [-0.39, 0.29) is 62.3 Å². The SMILES string of the molecule is CN1CC[C@]23c4c5c(S(=O)(=O)OC(=O)CI)cc(O)c4O[C@H]2[C@@H](O)C=C[C@H]3[C@H]1C5.[NaH]. The summed E-state index contributed by atoms with van der Waals surface area (Å²) in [5.74, 6) is -0.926. The zero-order chi connectivity index (χ0) is 20.7. The number of alkyl halides is 1. The van der Waals surface area contributed by atoms with Crippen LogP contribution in [0, 0.1) is 5.92 Å². The van der Waals surface area contributed by atoms with E-state index in [9.17, 15) is 23.4 Å². The first-order valence-electron chi connectivity index (χ1n) is 9.36. The minimum absolute atomic E-state index is 0.